The van der Waals surface area contributed by atoms with E-state index in [2.05, 4.69) is 5.32 Å². The predicted molar refractivity (Wildman–Crippen MR) is 83.7 cm³/mol. The molecule has 0 radical (unpaired) electrons. The van der Waals surface area contributed by atoms with E-state index >= 15 is 0 Å². The number of halogens is 2. The maximum atomic E-state index is 11.2. The lowest BCUT2D eigenvalue weighted by atomic mass is 10.1. The summed E-state index contributed by atoms with van der Waals surface area (Å²) >= 11 is 12.0. The first-order valence-corrected chi connectivity index (χ1v) is 6.86. The second kappa shape index (κ2) is 6.70. The maximum absolute atomic E-state index is 11.2. The van der Waals surface area contributed by atoms with Crippen LogP contribution >= 0.6 is 23.2 Å². The quantitative estimate of drug-likeness (QED) is 0.859. The second-order valence-corrected chi connectivity index (χ2v) is 5.11. The van der Waals surface area contributed by atoms with Gasteiger partial charge in [0, 0.05) is 27.8 Å². The number of hydrogen-bond acceptors (Lipinski definition) is 3. The van der Waals surface area contributed by atoms with E-state index in [4.69, 9.17) is 27.9 Å². The Morgan fingerprint density at radius 1 is 1.29 bits per heavy atom. The van der Waals surface area contributed by atoms with Gasteiger partial charge in [0.25, 0.3) is 0 Å². The van der Waals surface area contributed by atoms with Gasteiger partial charge in [-0.15, -0.1) is 0 Å². The van der Waals surface area contributed by atoms with Crippen molar-refractivity contribution >= 4 is 34.9 Å². The first-order chi connectivity index (χ1) is 10.0. The van der Waals surface area contributed by atoms with E-state index in [0.717, 1.165) is 5.56 Å². The van der Waals surface area contributed by atoms with Crippen LogP contribution in [0.5, 0.6) is 5.75 Å². The molecule has 0 aromatic heterocycles. The molecule has 0 amide bonds. The van der Waals surface area contributed by atoms with Crippen LogP contribution < -0.4 is 10.1 Å². The normalized spacial score (nSPS) is 10.2. The minimum Gasteiger partial charge on any atom is -0.496 e. The molecule has 0 aliphatic heterocycles. The summed E-state index contributed by atoms with van der Waals surface area (Å²) in [5, 5.41) is 13.2. The highest BCUT2D eigenvalue weighted by atomic mass is 35.5. The fraction of sp³-hybridized carbons (Fsp3) is 0.133. The number of ether oxygens (including phenoxy) is 1. The van der Waals surface area contributed by atoms with Gasteiger partial charge in [0.2, 0.25) is 0 Å². The zero-order chi connectivity index (χ0) is 15.4. The third-order valence-corrected chi connectivity index (χ3v) is 3.55. The summed E-state index contributed by atoms with van der Waals surface area (Å²) in [5.74, 6) is -0.410. The van der Waals surface area contributed by atoms with Gasteiger partial charge in [-0.3, -0.25) is 0 Å². The molecule has 0 atom stereocenters. The molecule has 0 spiro atoms. The highest BCUT2D eigenvalue weighted by Gasteiger charge is 2.12. The standard InChI is InChI=1S/C15H13Cl2NO3/c1-21-14-4-2-3-12(17)11(14)8-18-13-6-5-9(16)7-10(13)15(19)20/h2-7,18H,8H2,1H3,(H,19,20). The molecular weight excluding hydrogens is 313 g/mol. The third-order valence-electron chi connectivity index (χ3n) is 2.96. The van der Waals surface area contributed by atoms with Crippen molar-refractivity contribution in [2.75, 3.05) is 12.4 Å². The lowest BCUT2D eigenvalue weighted by molar-refractivity contribution is 0.0698. The lowest BCUT2D eigenvalue weighted by Crippen LogP contribution is -2.07. The van der Waals surface area contributed by atoms with Crippen molar-refractivity contribution in [3.8, 4) is 5.75 Å². The Bertz CT molecular complexity index is 674. The molecular formula is C15H13Cl2NO3. The zero-order valence-electron chi connectivity index (χ0n) is 11.2. The van der Waals surface area contributed by atoms with Crippen molar-refractivity contribution in [1.29, 1.82) is 0 Å². The molecule has 0 aliphatic rings. The third kappa shape index (κ3) is 3.60. The fourth-order valence-corrected chi connectivity index (χ4v) is 2.34. The van der Waals surface area contributed by atoms with E-state index in [1.54, 1.807) is 37.4 Å². The summed E-state index contributed by atoms with van der Waals surface area (Å²) in [6.45, 7) is 0.338. The van der Waals surface area contributed by atoms with Crippen LogP contribution in [0.4, 0.5) is 5.69 Å². The smallest absolute Gasteiger partial charge is 0.337 e. The van der Waals surface area contributed by atoms with E-state index in [9.17, 15) is 9.90 Å². The minimum atomic E-state index is -1.05. The average molecular weight is 326 g/mol. The molecule has 0 fully saturated rings. The Hall–Kier alpha value is -1.91. The molecule has 2 rings (SSSR count). The Morgan fingerprint density at radius 2 is 2.05 bits per heavy atom. The minimum absolute atomic E-state index is 0.105. The monoisotopic (exact) mass is 325 g/mol. The molecule has 110 valence electrons. The number of rotatable bonds is 5. The SMILES string of the molecule is COc1cccc(Cl)c1CNc1ccc(Cl)cc1C(=O)O. The number of methoxy groups -OCH3 is 1. The van der Waals surface area contributed by atoms with Crippen molar-refractivity contribution in [3.63, 3.8) is 0 Å². The second-order valence-electron chi connectivity index (χ2n) is 4.27. The van der Waals surface area contributed by atoms with Crippen LogP contribution in [-0.4, -0.2) is 18.2 Å². The lowest BCUT2D eigenvalue weighted by Gasteiger charge is -2.13. The van der Waals surface area contributed by atoms with Crippen LogP contribution in [0.3, 0.4) is 0 Å². The molecule has 0 aliphatic carbocycles. The average Bonchev–Trinajstić information content (AvgIpc) is 2.46. The van der Waals surface area contributed by atoms with Crippen LogP contribution in [0, 0.1) is 0 Å². The number of aromatic carboxylic acids is 1. The molecule has 2 aromatic rings. The summed E-state index contributed by atoms with van der Waals surface area (Å²) in [5.41, 5.74) is 1.33. The van der Waals surface area contributed by atoms with E-state index < -0.39 is 5.97 Å². The largest absolute Gasteiger partial charge is 0.496 e. The van der Waals surface area contributed by atoms with E-state index in [-0.39, 0.29) is 5.56 Å². The molecule has 0 saturated carbocycles. The number of carboxylic acid groups (broad SMARTS) is 1. The maximum Gasteiger partial charge on any atom is 0.337 e. The van der Waals surface area contributed by atoms with Gasteiger partial charge in [-0.1, -0.05) is 29.3 Å². The molecule has 4 nitrogen and oxygen atoms in total. The molecule has 0 saturated heterocycles. The van der Waals surface area contributed by atoms with Crippen molar-refractivity contribution in [2.45, 2.75) is 6.54 Å². The summed E-state index contributed by atoms with van der Waals surface area (Å²) in [7, 11) is 1.56. The summed E-state index contributed by atoms with van der Waals surface area (Å²) in [6, 6.07) is 9.98. The summed E-state index contributed by atoms with van der Waals surface area (Å²) < 4.78 is 5.25. The van der Waals surface area contributed by atoms with Crippen LogP contribution in [0.15, 0.2) is 36.4 Å². The van der Waals surface area contributed by atoms with E-state index in [1.807, 2.05) is 0 Å². The molecule has 2 N–H and O–H groups in total. The number of carboxylic acids is 1. The summed E-state index contributed by atoms with van der Waals surface area (Å²) in [4.78, 5) is 11.2. The number of nitrogens with one attached hydrogen (secondary N) is 1. The molecule has 0 unspecified atom stereocenters. The molecule has 2 aromatic carbocycles. The topological polar surface area (TPSA) is 58.6 Å². The van der Waals surface area contributed by atoms with Crippen LogP contribution in [-0.2, 0) is 6.54 Å². The Kier molecular flexibility index (Phi) is 4.94. The fourth-order valence-electron chi connectivity index (χ4n) is 1.93. The van der Waals surface area contributed by atoms with Crippen molar-refractivity contribution in [1.82, 2.24) is 0 Å². The number of benzene rings is 2. The Balaban J connectivity index is 2.27. The Morgan fingerprint density at radius 3 is 2.71 bits per heavy atom. The molecule has 6 heteroatoms. The van der Waals surface area contributed by atoms with Crippen LogP contribution in [0.2, 0.25) is 10.0 Å². The van der Waals surface area contributed by atoms with Crippen molar-refractivity contribution in [3.05, 3.63) is 57.6 Å². The first kappa shape index (κ1) is 15.5. The highest BCUT2D eigenvalue weighted by Crippen LogP contribution is 2.28. The van der Waals surface area contributed by atoms with Gasteiger partial charge >= 0.3 is 5.97 Å². The molecule has 0 bridgehead atoms. The number of hydrogen-bond donors (Lipinski definition) is 2. The van der Waals surface area contributed by atoms with Gasteiger partial charge in [0.15, 0.2) is 0 Å². The molecule has 0 heterocycles. The summed E-state index contributed by atoms with van der Waals surface area (Å²) in [6.07, 6.45) is 0. The van der Waals surface area contributed by atoms with Gasteiger partial charge in [0.1, 0.15) is 5.75 Å². The van der Waals surface area contributed by atoms with Crippen LogP contribution in [0.25, 0.3) is 0 Å². The van der Waals surface area contributed by atoms with Gasteiger partial charge in [-0.05, 0) is 30.3 Å². The molecule has 21 heavy (non-hydrogen) atoms. The number of anilines is 1. The van der Waals surface area contributed by atoms with Crippen LogP contribution in [0.1, 0.15) is 15.9 Å². The van der Waals surface area contributed by atoms with E-state index in [1.165, 1.54) is 6.07 Å². The van der Waals surface area contributed by atoms with Gasteiger partial charge in [-0.25, -0.2) is 4.79 Å². The van der Waals surface area contributed by atoms with Crippen molar-refractivity contribution < 1.29 is 14.6 Å². The van der Waals surface area contributed by atoms with E-state index in [0.29, 0.717) is 28.0 Å². The Labute approximate surface area is 132 Å². The zero-order valence-corrected chi connectivity index (χ0v) is 12.7. The predicted octanol–water partition coefficient (Wildman–Crippen LogP) is 4.31. The van der Waals surface area contributed by atoms with Gasteiger partial charge < -0.3 is 15.2 Å². The van der Waals surface area contributed by atoms with Gasteiger partial charge in [0.05, 0.1) is 12.7 Å². The first-order valence-electron chi connectivity index (χ1n) is 6.11. The van der Waals surface area contributed by atoms with Gasteiger partial charge in [-0.2, -0.15) is 0 Å². The number of carbonyl (C=O) groups is 1. The highest BCUT2D eigenvalue weighted by molar-refractivity contribution is 6.31. The van der Waals surface area contributed by atoms with Crippen molar-refractivity contribution in [2.24, 2.45) is 0 Å².